The van der Waals surface area contributed by atoms with Crippen LogP contribution in [0.3, 0.4) is 0 Å². The highest BCUT2D eigenvalue weighted by atomic mass is 32.2. The fourth-order valence-electron chi connectivity index (χ4n) is 3.10. The van der Waals surface area contributed by atoms with E-state index >= 15 is 0 Å². The lowest BCUT2D eigenvalue weighted by molar-refractivity contribution is -0.122. The van der Waals surface area contributed by atoms with Gasteiger partial charge in [-0.25, -0.2) is 4.68 Å². The minimum Gasteiger partial charge on any atom is -0.481 e. The second-order valence-corrected chi connectivity index (χ2v) is 8.27. The highest BCUT2D eigenvalue weighted by molar-refractivity contribution is 7.83. The van der Waals surface area contributed by atoms with E-state index in [0.717, 1.165) is 22.5 Å². The first-order chi connectivity index (χ1) is 13.5. The molecule has 1 aromatic heterocycles. The summed E-state index contributed by atoms with van der Waals surface area (Å²) >= 11 is 0. The zero-order valence-corrected chi connectivity index (χ0v) is 16.5. The molecule has 0 aliphatic carbocycles. The Bertz CT molecular complexity index is 1030. The van der Waals surface area contributed by atoms with E-state index in [1.165, 1.54) is 0 Å². The van der Waals surface area contributed by atoms with E-state index in [1.54, 1.807) is 23.7 Å². The van der Waals surface area contributed by atoms with Gasteiger partial charge in [-0.3, -0.25) is 9.00 Å². The van der Waals surface area contributed by atoms with Gasteiger partial charge in [0.15, 0.2) is 6.10 Å². The first kappa shape index (κ1) is 18.4. The maximum Gasteiger partial charge on any atom is 0.266 e. The summed E-state index contributed by atoms with van der Waals surface area (Å²) in [6.45, 7) is 3.72. The average Bonchev–Trinajstić information content (AvgIpc) is 3.20. The molecule has 0 bridgehead atoms. The Morgan fingerprint density at radius 2 is 1.86 bits per heavy atom. The summed E-state index contributed by atoms with van der Waals surface area (Å²) < 4.78 is 19.4. The zero-order chi connectivity index (χ0) is 19.7. The summed E-state index contributed by atoms with van der Waals surface area (Å²) in [5, 5.41) is 7.55. The van der Waals surface area contributed by atoms with Gasteiger partial charge in [0.25, 0.3) is 5.91 Å². The lowest BCUT2D eigenvalue weighted by atomic mass is 10.2. The van der Waals surface area contributed by atoms with Gasteiger partial charge in [0, 0.05) is 16.4 Å². The number of amides is 1. The fourth-order valence-corrected chi connectivity index (χ4v) is 4.37. The molecular formula is C21H21N3O3S. The van der Waals surface area contributed by atoms with Crippen LogP contribution in [0.25, 0.3) is 5.69 Å². The number of para-hydroxylation sites is 1. The number of carbonyl (C=O) groups excluding carboxylic acids is 1. The standard InChI is InChI=1S/C21H21N3O3S/c1-14-8-10-16(11-9-14)24-20(18-12-28(26)13-19(18)23-24)22-21(25)15(2)27-17-6-4-3-5-7-17/h3-11,15H,12-13H2,1-2H3,(H,22,25). The molecule has 0 saturated carbocycles. The molecule has 6 nitrogen and oxygen atoms in total. The SMILES string of the molecule is Cc1ccc(-n2nc3c(c2NC(=O)C(C)Oc2ccccc2)CS(=O)C3)cc1. The maximum absolute atomic E-state index is 12.8. The van der Waals surface area contributed by atoms with Gasteiger partial charge in [0.2, 0.25) is 0 Å². The quantitative estimate of drug-likeness (QED) is 0.719. The molecule has 1 aliphatic rings. The summed E-state index contributed by atoms with van der Waals surface area (Å²) in [5.41, 5.74) is 3.59. The Kier molecular flexibility index (Phi) is 5.00. The minimum absolute atomic E-state index is 0.280. The van der Waals surface area contributed by atoms with Crippen molar-refractivity contribution in [2.75, 3.05) is 5.32 Å². The third-order valence-electron chi connectivity index (χ3n) is 4.62. The van der Waals surface area contributed by atoms with Crippen molar-refractivity contribution >= 4 is 22.5 Å². The smallest absolute Gasteiger partial charge is 0.266 e. The summed E-state index contributed by atoms with van der Waals surface area (Å²) in [6, 6.07) is 17.1. The van der Waals surface area contributed by atoms with Gasteiger partial charge in [-0.05, 0) is 38.1 Å². The first-order valence-corrected chi connectivity index (χ1v) is 10.6. The maximum atomic E-state index is 12.8. The molecule has 2 atom stereocenters. The number of nitrogens with zero attached hydrogens (tertiary/aromatic N) is 2. The number of anilines is 1. The van der Waals surface area contributed by atoms with E-state index in [4.69, 9.17) is 4.74 Å². The van der Waals surface area contributed by atoms with Crippen molar-refractivity contribution in [3.63, 3.8) is 0 Å². The topological polar surface area (TPSA) is 73.2 Å². The van der Waals surface area contributed by atoms with Crippen molar-refractivity contribution < 1.29 is 13.7 Å². The first-order valence-electron chi connectivity index (χ1n) is 9.06. The number of rotatable bonds is 5. The fraction of sp³-hybridized carbons (Fsp3) is 0.238. The molecule has 2 aromatic carbocycles. The summed E-state index contributed by atoms with van der Waals surface area (Å²) in [4.78, 5) is 12.8. The van der Waals surface area contributed by atoms with E-state index in [1.807, 2.05) is 49.4 Å². The third-order valence-corrected chi connectivity index (χ3v) is 5.82. The van der Waals surface area contributed by atoms with Crippen LogP contribution >= 0.6 is 0 Å². The van der Waals surface area contributed by atoms with Crippen LogP contribution in [0.15, 0.2) is 54.6 Å². The van der Waals surface area contributed by atoms with Gasteiger partial charge in [0.05, 0.1) is 22.9 Å². The Balaban J connectivity index is 1.62. The normalized spacial score (nSPS) is 16.4. The van der Waals surface area contributed by atoms with E-state index in [0.29, 0.717) is 23.1 Å². The van der Waals surface area contributed by atoms with E-state index < -0.39 is 16.9 Å². The summed E-state index contributed by atoms with van der Waals surface area (Å²) in [5.74, 6) is 1.72. The molecule has 4 rings (SSSR count). The van der Waals surface area contributed by atoms with Crippen molar-refractivity contribution in [1.29, 1.82) is 0 Å². The van der Waals surface area contributed by atoms with Crippen LogP contribution in [0.5, 0.6) is 5.75 Å². The van der Waals surface area contributed by atoms with E-state index in [-0.39, 0.29) is 5.91 Å². The number of carbonyl (C=O) groups is 1. The Labute approximate surface area is 166 Å². The molecule has 144 valence electrons. The highest BCUT2D eigenvalue weighted by Crippen LogP contribution is 2.31. The minimum atomic E-state index is -0.982. The molecule has 1 N–H and O–H groups in total. The summed E-state index contributed by atoms with van der Waals surface area (Å²) in [7, 11) is -0.982. The molecule has 3 aromatic rings. The molecule has 2 unspecified atom stereocenters. The molecule has 1 aliphatic heterocycles. The van der Waals surface area contributed by atoms with Crippen LogP contribution in [0, 0.1) is 6.92 Å². The predicted molar refractivity (Wildman–Crippen MR) is 109 cm³/mol. The Morgan fingerprint density at radius 3 is 2.57 bits per heavy atom. The molecule has 2 heterocycles. The largest absolute Gasteiger partial charge is 0.481 e. The number of aromatic nitrogens is 2. The lowest BCUT2D eigenvalue weighted by Crippen LogP contribution is -2.31. The molecule has 1 amide bonds. The average molecular weight is 395 g/mol. The van der Waals surface area contributed by atoms with Crippen molar-refractivity contribution in [2.45, 2.75) is 31.5 Å². The van der Waals surface area contributed by atoms with Gasteiger partial charge in [-0.1, -0.05) is 35.9 Å². The van der Waals surface area contributed by atoms with Crippen molar-refractivity contribution in [2.24, 2.45) is 0 Å². The molecule has 28 heavy (non-hydrogen) atoms. The number of hydrogen-bond donors (Lipinski definition) is 1. The monoisotopic (exact) mass is 395 g/mol. The number of nitrogens with one attached hydrogen (secondary N) is 1. The zero-order valence-electron chi connectivity index (χ0n) is 15.7. The molecule has 0 spiro atoms. The number of ether oxygens (including phenoxy) is 1. The van der Waals surface area contributed by atoms with Crippen molar-refractivity contribution in [3.8, 4) is 11.4 Å². The van der Waals surface area contributed by atoms with Gasteiger partial charge >= 0.3 is 0 Å². The van der Waals surface area contributed by atoms with Crippen LogP contribution in [-0.2, 0) is 27.1 Å². The van der Waals surface area contributed by atoms with Crippen molar-refractivity contribution in [3.05, 3.63) is 71.4 Å². The molecule has 7 heteroatoms. The van der Waals surface area contributed by atoms with Crippen LogP contribution in [0.1, 0.15) is 23.7 Å². The highest BCUT2D eigenvalue weighted by Gasteiger charge is 2.29. The van der Waals surface area contributed by atoms with Crippen LogP contribution < -0.4 is 10.1 Å². The van der Waals surface area contributed by atoms with Crippen LogP contribution in [0.4, 0.5) is 5.82 Å². The lowest BCUT2D eigenvalue weighted by Gasteiger charge is -2.16. The van der Waals surface area contributed by atoms with Gasteiger partial charge in [-0.15, -0.1) is 0 Å². The number of aryl methyl sites for hydroxylation is 1. The number of hydrogen-bond acceptors (Lipinski definition) is 4. The van der Waals surface area contributed by atoms with E-state index in [2.05, 4.69) is 10.4 Å². The molecule has 0 saturated heterocycles. The Morgan fingerprint density at radius 1 is 1.14 bits per heavy atom. The van der Waals surface area contributed by atoms with Gasteiger partial charge < -0.3 is 10.1 Å². The molecule has 0 fully saturated rings. The van der Waals surface area contributed by atoms with Crippen LogP contribution in [-0.4, -0.2) is 26.0 Å². The molecule has 0 radical (unpaired) electrons. The Hall–Kier alpha value is -2.93. The third kappa shape index (κ3) is 3.71. The van der Waals surface area contributed by atoms with Gasteiger partial charge in [-0.2, -0.15) is 5.10 Å². The summed E-state index contributed by atoms with van der Waals surface area (Å²) in [6.07, 6.45) is -0.689. The second kappa shape index (κ2) is 7.59. The van der Waals surface area contributed by atoms with Crippen LogP contribution in [0.2, 0.25) is 0 Å². The second-order valence-electron chi connectivity index (χ2n) is 6.81. The number of benzene rings is 2. The predicted octanol–water partition coefficient (Wildman–Crippen LogP) is 3.35. The van der Waals surface area contributed by atoms with Crippen molar-refractivity contribution in [1.82, 2.24) is 9.78 Å². The van der Waals surface area contributed by atoms with Gasteiger partial charge in [0.1, 0.15) is 11.6 Å². The van der Waals surface area contributed by atoms with E-state index in [9.17, 15) is 9.00 Å². The number of fused-ring (bicyclic) bond motifs is 1. The molecular weight excluding hydrogens is 374 g/mol.